The van der Waals surface area contributed by atoms with Crippen molar-refractivity contribution in [1.82, 2.24) is 9.88 Å². The first kappa shape index (κ1) is 15.7. The second-order valence-electron chi connectivity index (χ2n) is 6.36. The number of aliphatic hydroxyl groups is 1. The SMILES string of the molecule is CC(C)(C)OC(=O)N1CCC(C(O)c2cncc(F)c2)C1. The zero-order chi connectivity index (χ0) is 15.6. The van der Waals surface area contributed by atoms with E-state index < -0.39 is 17.5 Å². The second kappa shape index (κ2) is 5.97. The van der Waals surface area contributed by atoms with Crippen LogP contribution in [-0.4, -0.2) is 39.8 Å². The predicted molar refractivity (Wildman–Crippen MR) is 75.1 cm³/mol. The molecule has 1 fully saturated rings. The van der Waals surface area contributed by atoms with Gasteiger partial charge in [0.15, 0.2) is 0 Å². The molecule has 1 amide bonds. The van der Waals surface area contributed by atoms with Crippen molar-refractivity contribution in [2.45, 2.75) is 38.9 Å². The third-order valence-corrected chi connectivity index (χ3v) is 3.39. The summed E-state index contributed by atoms with van der Waals surface area (Å²) in [6, 6.07) is 1.27. The Balaban J connectivity index is 1.97. The number of aliphatic hydroxyl groups excluding tert-OH is 1. The number of halogens is 1. The Labute approximate surface area is 123 Å². The predicted octanol–water partition coefficient (Wildman–Crippen LogP) is 2.51. The molecular weight excluding hydrogens is 275 g/mol. The number of rotatable bonds is 2. The average molecular weight is 296 g/mol. The van der Waals surface area contributed by atoms with Crippen LogP contribution in [0.5, 0.6) is 0 Å². The van der Waals surface area contributed by atoms with Crippen molar-refractivity contribution in [3.8, 4) is 0 Å². The van der Waals surface area contributed by atoms with Gasteiger partial charge in [-0.2, -0.15) is 0 Å². The maximum atomic E-state index is 13.1. The molecule has 2 heterocycles. The van der Waals surface area contributed by atoms with E-state index in [0.717, 1.165) is 6.20 Å². The van der Waals surface area contributed by atoms with Crippen LogP contribution in [-0.2, 0) is 4.74 Å². The number of carbonyl (C=O) groups excluding carboxylic acids is 1. The lowest BCUT2D eigenvalue weighted by molar-refractivity contribution is 0.0268. The summed E-state index contributed by atoms with van der Waals surface area (Å²) < 4.78 is 18.5. The van der Waals surface area contributed by atoms with Gasteiger partial charge in [-0.25, -0.2) is 9.18 Å². The quantitative estimate of drug-likeness (QED) is 0.911. The Morgan fingerprint density at radius 1 is 1.52 bits per heavy atom. The van der Waals surface area contributed by atoms with E-state index in [1.54, 1.807) is 4.90 Å². The van der Waals surface area contributed by atoms with Gasteiger partial charge in [-0.05, 0) is 33.3 Å². The van der Waals surface area contributed by atoms with Crippen molar-refractivity contribution in [3.63, 3.8) is 0 Å². The van der Waals surface area contributed by atoms with Crippen LogP contribution < -0.4 is 0 Å². The first-order valence-corrected chi connectivity index (χ1v) is 7.03. The van der Waals surface area contributed by atoms with Crippen LogP contribution in [0.2, 0.25) is 0 Å². The summed E-state index contributed by atoms with van der Waals surface area (Å²) in [7, 11) is 0. The van der Waals surface area contributed by atoms with E-state index in [-0.39, 0.29) is 12.0 Å². The Kier molecular flexibility index (Phi) is 4.46. The monoisotopic (exact) mass is 296 g/mol. The van der Waals surface area contributed by atoms with Crippen molar-refractivity contribution in [3.05, 3.63) is 29.8 Å². The van der Waals surface area contributed by atoms with E-state index in [1.807, 2.05) is 20.8 Å². The van der Waals surface area contributed by atoms with Gasteiger partial charge in [-0.3, -0.25) is 4.98 Å². The van der Waals surface area contributed by atoms with Crippen LogP contribution >= 0.6 is 0 Å². The molecule has 2 unspecified atom stereocenters. The lowest BCUT2D eigenvalue weighted by Crippen LogP contribution is -2.35. The minimum absolute atomic E-state index is 0.138. The summed E-state index contributed by atoms with van der Waals surface area (Å²) in [4.78, 5) is 17.3. The Bertz CT molecular complexity index is 516. The van der Waals surface area contributed by atoms with Gasteiger partial charge in [0.05, 0.1) is 12.3 Å². The number of aromatic nitrogens is 1. The highest BCUT2D eigenvalue weighted by Gasteiger charge is 2.34. The minimum atomic E-state index is -0.833. The molecule has 21 heavy (non-hydrogen) atoms. The fourth-order valence-corrected chi connectivity index (χ4v) is 2.40. The van der Waals surface area contributed by atoms with Gasteiger partial charge in [-0.15, -0.1) is 0 Å². The van der Waals surface area contributed by atoms with Gasteiger partial charge >= 0.3 is 6.09 Å². The molecule has 6 heteroatoms. The van der Waals surface area contributed by atoms with E-state index in [9.17, 15) is 14.3 Å². The fourth-order valence-electron chi connectivity index (χ4n) is 2.40. The normalized spacial score (nSPS) is 20.4. The van der Waals surface area contributed by atoms with Crippen LogP contribution in [0.3, 0.4) is 0 Å². The van der Waals surface area contributed by atoms with Crippen LogP contribution in [0.25, 0.3) is 0 Å². The largest absolute Gasteiger partial charge is 0.444 e. The van der Waals surface area contributed by atoms with Gasteiger partial charge in [0.2, 0.25) is 0 Å². The van der Waals surface area contributed by atoms with Gasteiger partial charge in [0.1, 0.15) is 11.4 Å². The van der Waals surface area contributed by atoms with Crippen molar-refractivity contribution < 1.29 is 19.0 Å². The maximum Gasteiger partial charge on any atom is 0.410 e. The zero-order valence-electron chi connectivity index (χ0n) is 12.5. The number of amides is 1. The summed E-state index contributed by atoms with van der Waals surface area (Å²) in [5, 5.41) is 10.3. The summed E-state index contributed by atoms with van der Waals surface area (Å²) in [6.45, 7) is 6.36. The number of pyridine rings is 1. The summed E-state index contributed by atoms with van der Waals surface area (Å²) >= 11 is 0. The van der Waals surface area contributed by atoms with Gasteiger partial charge in [-0.1, -0.05) is 0 Å². The molecule has 0 spiro atoms. The number of ether oxygens (including phenoxy) is 1. The third kappa shape index (κ3) is 4.14. The molecule has 1 aliphatic rings. The molecule has 1 aromatic heterocycles. The molecule has 1 N–H and O–H groups in total. The Hall–Kier alpha value is -1.69. The number of carbonyl (C=O) groups is 1. The second-order valence-corrected chi connectivity index (χ2v) is 6.36. The van der Waals surface area contributed by atoms with E-state index in [4.69, 9.17) is 4.74 Å². The molecule has 1 aromatic rings. The molecule has 0 aromatic carbocycles. The molecule has 2 atom stereocenters. The van der Waals surface area contributed by atoms with E-state index in [0.29, 0.717) is 25.1 Å². The summed E-state index contributed by atoms with van der Waals surface area (Å²) in [5.74, 6) is -0.616. The van der Waals surface area contributed by atoms with Crippen LogP contribution in [0, 0.1) is 11.7 Å². The Morgan fingerprint density at radius 2 is 2.24 bits per heavy atom. The molecule has 2 rings (SSSR count). The highest BCUT2D eigenvalue weighted by molar-refractivity contribution is 5.68. The van der Waals surface area contributed by atoms with Crippen molar-refractivity contribution in [2.75, 3.05) is 13.1 Å². The summed E-state index contributed by atoms with van der Waals surface area (Å²) in [5.41, 5.74) is -0.105. The first-order valence-electron chi connectivity index (χ1n) is 7.03. The van der Waals surface area contributed by atoms with Crippen LogP contribution in [0.15, 0.2) is 18.5 Å². The van der Waals surface area contributed by atoms with Crippen molar-refractivity contribution >= 4 is 6.09 Å². The topological polar surface area (TPSA) is 62.7 Å². The number of hydrogen-bond donors (Lipinski definition) is 1. The molecular formula is C15H21FN2O3. The molecule has 1 aliphatic heterocycles. The maximum absolute atomic E-state index is 13.1. The minimum Gasteiger partial charge on any atom is -0.444 e. The van der Waals surface area contributed by atoms with E-state index in [1.165, 1.54) is 12.3 Å². The number of nitrogens with zero attached hydrogens (tertiary/aromatic N) is 2. The molecule has 0 aliphatic carbocycles. The standard InChI is InChI=1S/C15H21FN2O3/c1-15(2,3)21-14(20)18-5-4-10(9-18)13(19)11-6-12(16)8-17-7-11/h6-8,10,13,19H,4-5,9H2,1-3H3. The fraction of sp³-hybridized carbons (Fsp3) is 0.600. The lowest BCUT2D eigenvalue weighted by atomic mass is 9.96. The third-order valence-electron chi connectivity index (χ3n) is 3.39. The average Bonchev–Trinajstić information content (AvgIpc) is 2.85. The number of hydrogen-bond acceptors (Lipinski definition) is 4. The molecule has 0 saturated carbocycles. The zero-order valence-corrected chi connectivity index (χ0v) is 12.5. The van der Waals surface area contributed by atoms with Gasteiger partial charge < -0.3 is 14.7 Å². The number of likely N-dealkylation sites (tertiary alicyclic amines) is 1. The lowest BCUT2D eigenvalue weighted by Gasteiger charge is -2.25. The highest BCUT2D eigenvalue weighted by Crippen LogP contribution is 2.30. The van der Waals surface area contributed by atoms with E-state index >= 15 is 0 Å². The van der Waals surface area contributed by atoms with Crippen LogP contribution in [0.4, 0.5) is 9.18 Å². The molecule has 1 saturated heterocycles. The van der Waals surface area contributed by atoms with Gasteiger partial charge in [0, 0.05) is 30.8 Å². The molecule has 0 radical (unpaired) electrons. The Morgan fingerprint density at radius 3 is 2.86 bits per heavy atom. The first-order chi connectivity index (χ1) is 9.76. The molecule has 116 valence electrons. The molecule has 5 nitrogen and oxygen atoms in total. The van der Waals surface area contributed by atoms with E-state index in [2.05, 4.69) is 4.98 Å². The van der Waals surface area contributed by atoms with Crippen LogP contribution in [0.1, 0.15) is 38.9 Å². The van der Waals surface area contributed by atoms with Crippen molar-refractivity contribution in [2.24, 2.45) is 5.92 Å². The smallest absolute Gasteiger partial charge is 0.410 e. The van der Waals surface area contributed by atoms with Crippen molar-refractivity contribution in [1.29, 1.82) is 0 Å². The van der Waals surface area contributed by atoms with Gasteiger partial charge in [0.25, 0.3) is 0 Å². The summed E-state index contributed by atoms with van der Waals surface area (Å²) in [6.07, 6.45) is 1.98. The molecule has 0 bridgehead atoms. The highest BCUT2D eigenvalue weighted by atomic mass is 19.1.